The minimum Gasteiger partial charge on any atom is -0.390 e. The third-order valence-corrected chi connectivity index (χ3v) is 3.85. The quantitative estimate of drug-likeness (QED) is 0.857. The number of nitrogens with one attached hydrogen (secondary N) is 1. The molecule has 0 radical (unpaired) electrons. The summed E-state index contributed by atoms with van der Waals surface area (Å²) in [7, 11) is 0. The van der Waals surface area contributed by atoms with E-state index in [1.54, 1.807) is 0 Å². The number of hydrogen-bond acceptors (Lipinski definition) is 3. The van der Waals surface area contributed by atoms with E-state index in [1.165, 1.54) is 16.8 Å². The van der Waals surface area contributed by atoms with Crippen molar-refractivity contribution in [2.45, 2.75) is 45.8 Å². The van der Waals surface area contributed by atoms with Crippen LogP contribution in [0.1, 0.15) is 31.9 Å². The second-order valence-electron chi connectivity index (χ2n) is 6.24. The van der Waals surface area contributed by atoms with Crippen LogP contribution in [0, 0.1) is 6.92 Å². The van der Waals surface area contributed by atoms with Gasteiger partial charge < -0.3 is 15.3 Å². The highest BCUT2D eigenvalue weighted by atomic mass is 16.3. The van der Waals surface area contributed by atoms with Crippen LogP contribution in [0.25, 0.3) is 0 Å². The number of aliphatic hydroxyl groups is 1. The minimum atomic E-state index is -0.314. The lowest BCUT2D eigenvalue weighted by molar-refractivity contribution is 0.179. The van der Waals surface area contributed by atoms with Gasteiger partial charge >= 0.3 is 0 Å². The molecule has 1 saturated heterocycles. The first-order valence-electron chi connectivity index (χ1n) is 7.19. The van der Waals surface area contributed by atoms with E-state index in [1.807, 2.05) is 0 Å². The summed E-state index contributed by atoms with van der Waals surface area (Å²) in [6, 6.07) is 6.47. The maximum absolute atomic E-state index is 10.1. The Hall–Kier alpha value is -1.06. The summed E-state index contributed by atoms with van der Waals surface area (Å²) < 4.78 is 0. The molecule has 0 amide bonds. The number of rotatable bonds is 2. The highest BCUT2D eigenvalue weighted by molar-refractivity contribution is 5.60. The standard InChI is InChI=1S/C16H26N2O/c1-5-13-8-6-7-12(2)15(13)18-10-14(19)9-17-16(3,4)11-18/h6-8,14,17,19H,5,9-11H2,1-4H3. The van der Waals surface area contributed by atoms with Crippen LogP contribution in [-0.4, -0.2) is 36.4 Å². The van der Waals surface area contributed by atoms with Gasteiger partial charge in [0.1, 0.15) is 0 Å². The molecule has 2 rings (SSSR count). The topological polar surface area (TPSA) is 35.5 Å². The van der Waals surface area contributed by atoms with Gasteiger partial charge in [-0.3, -0.25) is 0 Å². The van der Waals surface area contributed by atoms with Crippen molar-refractivity contribution >= 4 is 5.69 Å². The lowest BCUT2D eigenvalue weighted by Gasteiger charge is -2.33. The normalized spacial score (nSPS) is 23.2. The first-order valence-corrected chi connectivity index (χ1v) is 7.19. The molecule has 0 spiro atoms. The SMILES string of the molecule is CCc1cccc(C)c1N1CC(O)CNC(C)(C)C1. The van der Waals surface area contributed by atoms with Crippen molar-refractivity contribution < 1.29 is 5.11 Å². The van der Waals surface area contributed by atoms with Crippen LogP contribution in [-0.2, 0) is 6.42 Å². The molecule has 3 nitrogen and oxygen atoms in total. The third-order valence-electron chi connectivity index (χ3n) is 3.85. The fraction of sp³-hybridized carbons (Fsp3) is 0.625. The molecular formula is C16H26N2O. The van der Waals surface area contributed by atoms with E-state index >= 15 is 0 Å². The van der Waals surface area contributed by atoms with Gasteiger partial charge in [0.15, 0.2) is 0 Å². The molecular weight excluding hydrogens is 236 g/mol. The summed E-state index contributed by atoms with van der Waals surface area (Å²) in [5.41, 5.74) is 3.99. The largest absolute Gasteiger partial charge is 0.390 e. The van der Waals surface area contributed by atoms with Crippen LogP contribution in [0.4, 0.5) is 5.69 Å². The van der Waals surface area contributed by atoms with Gasteiger partial charge in [-0.2, -0.15) is 0 Å². The number of β-amino-alcohol motifs (C(OH)–C–C–N with tert-alkyl or cyclic N) is 1. The number of anilines is 1. The fourth-order valence-electron chi connectivity index (χ4n) is 2.94. The number of benzene rings is 1. The molecule has 1 aliphatic rings. The predicted octanol–water partition coefficient (Wildman–Crippen LogP) is 2.11. The van der Waals surface area contributed by atoms with Crippen molar-refractivity contribution in [1.82, 2.24) is 5.32 Å². The van der Waals surface area contributed by atoms with E-state index in [2.05, 4.69) is 56.1 Å². The molecule has 0 aliphatic carbocycles. The lowest BCUT2D eigenvalue weighted by Crippen LogP contribution is -2.46. The summed E-state index contributed by atoms with van der Waals surface area (Å²) in [4.78, 5) is 2.35. The Labute approximate surface area is 116 Å². The zero-order valence-electron chi connectivity index (χ0n) is 12.5. The first kappa shape index (κ1) is 14.4. The molecule has 1 aromatic carbocycles. The van der Waals surface area contributed by atoms with Crippen LogP contribution < -0.4 is 10.2 Å². The molecule has 3 heteroatoms. The van der Waals surface area contributed by atoms with E-state index in [0.29, 0.717) is 13.1 Å². The van der Waals surface area contributed by atoms with E-state index in [9.17, 15) is 5.11 Å². The second kappa shape index (κ2) is 5.51. The van der Waals surface area contributed by atoms with Crippen molar-refractivity contribution in [3.8, 4) is 0 Å². The van der Waals surface area contributed by atoms with Crippen LogP contribution >= 0.6 is 0 Å². The zero-order chi connectivity index (χ0) is 14.0. The molecule has 0 saturated carbocycles. The Bertz CT molecular complexity index is 442. The number of hydrogen-bond donors (Lipinski definition) is 2. The van der Waals surface area contributed by atoms with Gasteiger partial charge in [-0.05, 0) is 38.3 Å². The van der Waals surface area contributed by atoms with Crippen LogP contribution in [0.3, 0.4) is 0 Å². The van der Waals surface area contributed by atoms with Gasteiger partial charge in [0, 0.05) is 30.9 Å². The van der Waals surface area contributed by atoms with Gasteiger partial charge in [-0.25, -0.2) is 0 Å². The van der Waals surface area contributed by atoms with Gasteiger partial charge in [0.25, 0.3) is 0 Å². The van der Waals surface area contributed by atoms with Crippen molar-refractivity contribution in [2.24, 2.45) is 0 Å². The molecule has 1 aliphatic heterocycles. The van der Waals surface area contributed by atoms with Crippen LogP contribution in [0.5, 0.6) is 0 Å². The Morgan fingerprint density at radius 3 is 2.84 bits per heavy atom. The van der Waals surface area contributed by atoms with E-state index in [-0.39, 0.29) is 11.6 Å². The Morgan fingerprint density at radius 2 is 2.16 bits per heavy atom. The summed E-state index contributed by atoms with van der Waals surface area (Å²) >= 11 is 0. The number of aryl methyl sites for hydroxylation is 2. The predicted molar refractivity (Wildman–Crippen MR) is 80.9 cm³/mol. The smallest absolute Gasteiger partial charge is 0.0839 e. The molecule has 1 unspecified atom stereocenters. The van der Waals surface area contributed by atoms with Gasteiger partial charge in [0.2, 0.25) is 0 Å². The minimum absolute atomic E-state index is 0.0186. The van der Waals surface area contributed by atoms with E-state index in [4.69, 9.17) is 0 Å². The van der Waals surface area contributed by atoms with E-state index in [0.717, 1.165) is 13.0 Å². The Morgan fingerprint density at radius 1 is 1.42 bits per heavy atom. The fourth-order valence-corrected chi connectivity index (χ4v) is 2.94. The monoisotopic (exact) mass is 262 g/mol. The number of aliphatic hydroxyl groups excluding tert-OH is 1. The van der Waals surface area contributed by atoms with Crippen LogP contribution in [0.2, 0.25) is 0 Å². The van der Waals surface area contributed by atoms with Gasteiger partial charge in [-0.15, -0.1) is 0 Å². The summed E-state index contributed by atoms with van der Waals surface area (Å²) in [5, 5.41) is 13.5. The highest BCUT2D eigenvalue weighted by Crippen LogP contribution is 2.28. The third kappa shape index (κ3) is 3.28. The highest BCUT2D eigenvalue weighted by Gasteiger charge is 2.29. The van der Waals surface area contributed by atoms with Crippen molar-refractivity contribution in [2.75, 3.05) is 24.5 Å². The number of para-hydroxylation sites is 1. The van der Waals surface area contributed by atoms with Gasteiger partial charge in [0.05, 0.1) is 6.10 Å². The lowest BCUT2D eigenvalue weighted by atomic mass is 10.0. The second-order valence-corrected chi connectivity index (χ2v) is 6.24. The molecule has 1 aromatic rings. The average molecular weight is 262 g/mol. The molecule has 0 aromatic heterocycles. The Kier molecular flexibility index (Phi) is 4.16. The zero-order valence-corrected chi connectivity index (χ0v) is 12.5. The summed E-state index contributed by atoms with van der Waals surface area (Å²) in [6.45, 7) is 11.0. The average Bonchev–Trinajstić information content (AvgIpc) is 2.47. The van der Waals surface area contributed by atoms with Crippen molar-refractivity contribution in [1.29, 1.82) is 0 Å². The van der Waals surface area contributed by atoms with Crippen molar-refractivity contribution in [3.05, 3.63) is 29.3 Å². The Balaban J connectivity index is 2.38. The maximum atomic E-state index is 10.1. The summed E-state index contributed by atoms with van der Waals surface area (Å²) in [5.74, 6) is 0. The van der Waals surface area contributed by atoms with E-state index < -0.39 is 0 Å². The van der Waals surface area contributed by atoms with Crippen molar-refractivity contribution in [3.63, 3.8) is 0 Å². The molecule has 0 bridgehead atoms. The molecule has 2 N–H and O–H groups in total. The van der Waals surface area contributed by atoms with Gasteiger partial charge in [-0.1, -0.05) is 25.1 Å². The molecule has 1 heterocycles. The summed E-state index contributed by atoms with van der Waals surface area (Å²) in [6.07, 6.45) is 0.711. The first-order chi connectivity index (χ1) is 8.93. The number of nitrogens with zero attached hydrogens (tertiary/aromatic N) is 1. The van der Waals surface area contributed by atoms with Crippen LogP contribution in [0.15, 0.2) is 18.2 Å². The molecule has 19 heavy (non-hydrogen) atoms. The molecule has 1 fully saturated rings. The maximum Gasteiger partial charge on any atom is 0.0839 e. The molecule has 106 valence electrons. The molecule has 1 atom stereocenters.